The molecular weight excluding hydrogens is 300 g/mol. The van der Waals surface area contributed by atoms with Crippen molar-refractivity contribution in [3.8, 4) is 0 Å². The molecule has 1 aromatic rings. The minimum atomic E-state index is -0.491. The Balaban J connectivity index is 1.82. The Morgan fingerprint density at radius 2 is 2.09 bits per heavy atom. The number of benzene rings is 1. The van der Waals surface area contributed by atoms with Gasteiger partial charge in [-0.15, -0.1) is 0 Å². The number of likely N-dealkylation sites (tertiary alicyclic amines) is 1. The third-order valence-electron chi connectivity index (χ3n) is 4.95. The molecule has 3 rings (SSSR count). The van der Waals surface area contributed by atoms with E-state index in [4.69, 9.17) is 11.6 Å². The van der Waals surface area contributed by atoms with Gasteiger partial charge in [0.05, 0.1) is 11.5 Å². The molecule has 22 heavy (non-hydrogen) atoms. The first-order valence-electron chi connectivity index (χ1n) is 7.82. The summed E-state index contributed by atoms with van der Waals surface area (Å²) in [6.07, 6.45) is 4.17. The van der Waals surface area contributed by atoms with Crippen molar-refractivity contribution in [3.05, 3.63) is 34.9 Å². The average Bonchev–Trinajstić information content (AvgIpc) is 3.08. The lowest BCUT2D eigenvalue weighted by atomic mass is 9.78. The van der Waals surface area contributed by atoms with Crippen LogP contribution in [0.1, 0.15) is 37.7 Å². The van der Waals surface area contributed by atoms with Gasteiger partial charge in [0.15, 0.2) is 0 Å². The van der Waals surface area contributed by atoms with Crippen molar-refractivity contribution >= 4 is 23.4 Å². The normalized spacial score (nSPS) is 23.8. The number of hydrogen-bond donors (Lipinski definition) is 1. The van der Waals surface area contributed by atoms with Crippen molar-refractivity contribution in [1.82, 2.24) is 10.2 Å². The van der Waals surface area contributed by atoms with E-state index in [1.165, 1.54) is 0 Å². The van der Waals surface area contributed by atoms with Crippen molar-refractivity contribution in [3.63, 3.8) is 0 Å². The van der Waals surface area contributed by atoms with E-state index in [2.05, 4.69) is 5.32 Å². The van der Waals surface area contributed by atoms with Gasteiger partial charge in [0.2, 0.25) is 11.8 Å². The van der Waals surface area contributed by atoms with E-state index in [1.807, 2.05) is 24.3 Å². The van der Waals surface area contributed by atoms with Crippen LogP contribution in [0.25, 0.3) is 0 Å². The summed E-state index contributed by atoms with van der Waals surface area (Å²) in [5, 5.41) is 3.76. The molecule has 1 heterocycles. The monoisotopic (exact) mass is 320 g/mol. The molecule has 1 aromatic carbocycles. The van der Waals surface area contributed by atoms with Gasteiger partial charge in [-0.2, -0.15) is 0 Å². The van der Waals surface area contributed by atoms with E-state index in [0.29, 0.717) is 18.0 Å². The second kappa shape index (κ2) is 5.92. The zero-order chi connectivity index (χ0) is 15.7. The number of carbonyl (C=O) groups excluding carboxylic acids is 2. The Morgan fingerprint density at radius 1 is 1.36 bits per heavy atom. The Kier molecular flexibility index (Phi) is 4.13. The lowest BCUT2D eigenvalue weighted by Gasteiger charge is -2.30. The van der Waals surface area contributed by atoms with Crippen LogP contribution in [0.2, 0.25) is 5.02 Å². The minimum absolute atomic E-state index is 0.0420. The van der Waals surface area contributed by atoms with Crippen LogP contribution in [0.4, 0.5) is 0 Å². The lowest BCUT2D eigenvalue weighted by Crippen LogP contribution is -2.47. The Hall–Kier alpha value is -1.55. The molecule has 2 fully saturated rings. The Morgan fingerprint density at radius 3 is 2.68 bits per heavy atom. The number of hydrogen-bond acceptors (Lipinski definition) is 2. The van der Waals surface area contributed by atoms with E-state index < -0.39 is 5.41 Å². The third kappa shape index (κ3) is 2.72. The molecule has 0 bridgehead atoms. The van der Waals surface area contributed by atoms with Crippen LogP contribution < -0.4 is 5.32 Å². The second-order valence-electron chi connectivity index (χ2n) is 6.45. The van der Waals surface area contributed by atoms with Gasteiger partial charge in [-0.3, -0.25) is 9.59 Å². The van der Waals surface area contributed by atoms with E-state index in [9.17, 15) is 9.59 Å². The predicted octanol–water partition coefficient (Wildman–Crippen LogP) is 2.50. The molecule has 1 N–H and O–H groups in total. The van der Waals surface area contributed by atoms with Crippen molar-refractivity contribution in [2.45, 2.75) is 43.6 Å². The first kappa shape index (κ1) is 15.3. The number of carbonyl (C=O) groups is 2. The maximum absolute atomic E-state index is 13.0. The predicted molar refractivity (Wildman–Crippen MR) is 85.8 cm³/mol. The molecule has 2 amide bonds. The van der Waals surface area contributed by atoms with Gasteiger partial charge < -0.3 is 10.2 Å². The van der Waals surface area contributed by atoms with Crippen LogP contribution in [-0.2, 0) is 15.0 Å². The highest BCUT2D eigenvalue weighted by molar-refractivity contribution is 6.30. The highest BCUT2D eigenvalue weighted by atomic mass is 35.5. The fraction of sp³-hybridized carbons (Fsp3) is 0.529. The van der Waals surface area contributed by atoms with Crippen LogP contribution in [-0.4, -0.2) is 36.3 Å². The summed E-state index contributed by atoms with van der Waals surface area (Å²) in [7, 11) is 1.77. The molecule has 118 valence electrons. The summed E-state index contributed by atoms with van der Waals surface area (Å²) in [5.41, 5.74) is 0.502. The summed E-state index contributed by atoms with van der Waals surface area (Å²) < 4.78 is 0. The van der Waals surface area contributed by atoms with E-state index in [0.717, 1.165) is 31.2 Å². The molecular formula is C17H21ClN2O2. The number of likely N-dealkylation sites (N-methyl/N-ethyl adjacent to an activating group) is 1. The van der Waals surface area contributed by atoms with E-state index in [-0.39, 0.29) is 17.9 Å². The standard InChI is InChI=1S/C17H21ClN2O2/c1-20-11-14(10-15(20)21)19-16(22)17(7-2-3-8-17)12-5-4-6-13(18)9-12/h4-6,9,14H,2-3,7-8,10-11H2,1H3,(H,19,22). The van der Waals surface area contributed by atoms with Gasteiger partial charge in [-0.1, -0.05) is 36.6 Å². The zero-order valence-electron chi connectivity index (χ0n) is 12.8. The molecule has 2 aliphatic rings. The molecule has 1 atom stereocenters. The molecule has 1 unspecified atom stereocenters. The van der Waals surface area contributed by atoms with Crippen molar-refractivity contribution in [2.75, 3.05) is 13.6 Å². The minimum Gasteiger partial charge on any atom is -0.350 e. The van der Waals surface area contributed by atoms with E-state index in [1.54, 1.807) is 11.9 Å². The quantitative estimate of drug-likeness (QED) is 0.930. The SMILES string of the molecule is CN1CC(NC(=O)C2(c3cccc(Cl)c3)CCCC2)CC1=O. The molecule has 5 heteroatoms. The van der Waals surface area contributed by atoms with Gasteiger partial charge >= 0.3 is 0 Å². The molecule has 4 nitrogen and oxygen atoms in total. The molecule has 0 radical (unpaired) electrons. The summed E-state index contributed by atoms with van der Waals surface area (Å²) in [6.45, 7) is 0.593. The number of nitrogens with one attached hydrogen (secondary N) is 1. The largest absolute Gasteiger partial charge is 0.350 e. The Bertz CT molecular complexity index is 596. The van der Waals surface area contributed by atoms with Gasteiger partial charge in [0, 0.05) is 25.0 Å². The van der Waals surface area contributed by atoms with Gasteiger partial charge in [0.1, 0.15) is 0 Å². The third-order valence-corrected chi connectivity index (χ3v) is 5.18. The molecule has 0 spiro atoms. The smallest absolute Gasteiger partial charge is 0.230 e. The Labute approximate surface area is 135 Å². The van der Waals surface area contributed by atoms with Crippen molar-refractivity contribution in [2.24, 2.45) is 0 Å². The maximum atomic E-state index is 13.0. The topological polar surface area (TPSA) is 49.4 Å². The highest BCUT2D eigenvalue weighted by Gasteiger charge is 2.44. The molecule has 1 saturated heterocycles. The first-order valence-corrected chi connectivity index (χ1v) is 8.20. The van der Waals surface area contributed by atoms with Crippen LogP contribution in [0.3, 0.4) is 0 Å². The molecule has 0 aromatic heterocycles. The van der Waals surface area contributed by atoms with Crippen LogP contribution in [0, 0.1) is 0 Å². The fourth-order valence-electron chi connectivity index (χ4n) is 3.70. The average molecular weight is 321 g/mol. The summed E-state index contributed by atoms with van der Waals surface area (Å²) >= 11 is 6.12. The summed E-state index contributed by atoms with van der Waals surface area (Å²) in [4.78, 5) is 26.3. The molecule has 1 aliphatic carbocycles. The zero-order valence-corrected chi connectivity index (χ0v) is 13.5. The van der Waals surface area contributed by atoms with E-state index >= 15 is 0 Å². The summed E-state index contributed by atoms with van der Waals surface area (Å²) in [6, 6.07) is 7.54. The number of halogens is 1. The number of nitrogens with zero attached hydrogens (tertiary/aromatic N) is 1. The van der Waals surface area contributed by atoms with Crippen molar-refractivity contribution in [1.29, 1.82) is 0 Å². The molecule has 1 aliphatic heterocycles. The van der Waals surface area contributed by atoms with Crippen molar-refractivity contribution < 1.29 is 9.59 Å². The van der Waals surface area contributed by atoms with Crippen LogP contribution in [0.15, 0.2) is 24.3 Å². The van der Waals surface area contributed by atoms with Gasteiger partial charge in [-0.05, 0) is 30.5 Å². The van der Waals surface area contributed by atoms with Gasteiger partial charge in [0.25, 0.3) is 0 Å². The number of rotatable bonds is 3. The lowest BCUT2D eigenvalue weighted by molar-refractivity contribution is -0.127. The fourth-order valence-corrected chi connectivity index (χ4v) is 3.89. The molecule has 1 saturated carbocycles. The highest BCUT2D eigenvalue weighted by Crippen LogP contribution is 2.42. The van der Waals surface area contributed by atoms with Gasteiger partial charge in [-0.25, -0.2) is 0 Å². The maximum Gasteiger partial charge on any atom is 0.230 e. The second-order valence-corrected chi connectivity index (χ2v) is 6.88. The van der Waals surface area contributed by atoms with Crippen LogP contribution >= 0.6 is 11.6 Å². The number of amides is 2. The van der Waals surface area contributed by atoms with Crippen LogP contribution in [0.5, 0.6) is 0 Å². The first-order chi connectivity index (χ1) is 10.5. The summed E-state index contributed by atoms with van der Waals surface area (Å²) in [5.74, 6) is 0.133.